The van der Waals surface area contributed by atoms with Crippen molar-refractivity contribution in [3.8, 4) is 17.6 Å². The first-order valence-corrected chi connectivity index (χ1v) is 20.3. The number of aryl methyl sites for hydroxylation is 2. The van der Waals surface area contributed by atoms with E-state index in [0.717, 1.165) is 0 Å². The molecule has 4 fully saturated rings. The first kappa shape index (κ1) is 40.0. The Morgan fingerprint density at radius 1 is 1.02 bits per heavy atom. The third kappa shape index (κ3) is 7.31. The quantitative estimate of drug-likeness (QED) is 0.231. The van der Waals surface area contributed by atoms with Gasteiger partial charge in [0.15, 0.2) is 17.4 Å². The third-order valence-electron chi connectivity index (χ3n) is 12.7. The van der Waals surface area contributed by atoms with E-state index in [1.165, 1.54) is 35.5 Å². The van der Waals surface area contributed by atoms with Gasteiger partial charge < -0.3 is 24.4 Å². The Hall–Kier alpha value is -6.45. The molecule has 61 heavy (non-hydrogen) atoms. The summed E-state index contributed by atoms with van der Waals surface area (Å²) >= 11 is 0. The van der Waals surface area contributed by atoms with Gasteiger partial charge in [-0.1, -0.05) is 6.07 Å². The fourth-order valence-electron chi connectivity index (χ4n) is 9.15. The van der Waals surface area contributed by atoms with Crippen molar-refractivity contribution in [2.75, 3.05) is 49.1 Å². The Bertz CT molecular complexity index is 2730. The number of fused-ring (bicyclic) bond motifs is 2. The van der Waals surface area contributed by atoms with Crippen molar-refractivity contribution < 1.29 is 37.7 Å². The van der Waals surface area contributed by atoms with Crippen molar-refractivity contribution in [2.45, 2.75) is 69.1 Å². The molecule has 0 saturated carbocycles. The Balaban J connectivity index is 0.808. The number of aliphatic hydroxyl groups is 1. The molecule has 316 valence electrons. The van der Waals surface area contributed by atoms with Gasteiger partial charge in [-0.05, 0) is 81.0 Å². The summed E-state index contributed by atoms with van der Waals surface area (Å²) in [6.45, 7) is 3.58. The summed E-state index contributed by atoms with van der Waals surface area (Å²) in [4.78, 5) is 61.0. The van der Waals surface area contributed by atoms with Crippen LogP contribution in [-0.4, -0.2) is 97.7 Å². The number of imide groups is 1. The van der Waals surface area contributed by atoms with Crippen LogP contribution in [0.3, 0.4) is 0 Å². The van der Waals surface area contributed by atoms with E-state index in [4.69, 9.17) is 9.47 Å². The highest BCUT2D eigenvalue weighted by Crippen LogP contribution is 2.42. The second-order valence-corrected chi connectivity index (χ2v) is 16.6. The molecular formula is C43H43F2N9O7. The fourth-order valence-corrected chi connectivity index (χ4v) is 9.15. The Labute approximate surface area is 347 Å². The maximum atomic E-state index is 15.7. The predicted molar refractivity (Wildman–Crippen MR) is 217 cm³/mol. The topological polar surface area (TPSA) is 188 Å². The zero-order valence-corrected chi connectivity index (χ0v) is 33.6. The van der Waals surface area contributed by atoms with E-state index in [1.54, 1.807) is 46.3 Å². The normalized spacial score (nSPS) is 20.1. The van der Waals surface area contributed by atoms with Gasteiger partial charge in [0.05, 0.1) is 58.7 Å². The molecular weight excluding hydrogens is 793 g/mol. The predicted octanol–water partition coefficient (Wildman–Crippen LogP) is 4.72. The molecule has 6 heterocycles. The van der Waals surface area contributed by atoms with Crippen LogP contribution < -0.4 is 25.4 Å². The smallest absolute Gasteiger partial charge is 0.329 e. The molecule has 0 aliphatic carbocycles. The van der Waals surface area contributed by atoms with Gasteiger partial charge in [-0.2, -0.15) is 10.4 Å². The van der Waals surface area contributed by atoms with E-state index >= 15 is 4.39 Å². The van der Waals surface area contributed by atoms with Crippen molar-refractivity contribution >= 4 is 51.2 Å². The molecule has 1 atom stereocenters. The number of anilines is 2. The highest BCUT2D eigenvalue weighted by molar-refractivity contribution is 6.09. The van der Waals surface area contributed by atoms with Crippen LogP contribution in [0.25, 0.3) is 21.8 Å². The number of piperidine rings is 2. The first-order valence-electron chi connectivity index (χ1n) is 20.3. The first-order chi connectivity index (χ1) is 29.2. The number of carbonyl (C=O) groups excluding carboxylic acids is 3. The Morgan fingerprint density at radius 3 is 2.52 bits per heavy atom. The van der Waals surface area contributed by atoms with Crippen LogP contribution in [-0.2, 0) is 21.4 Å². The lowest BCUT2D eigenvalue weighted by Gasteiger charge is -2.42. The number of nitriles is 1. The minimum Gasteiger partial charge on any atom is -0.453 e. The van der Waals surface area contributed by atoms with E-state index in [-0.39, 0.29) is 90.5 Å². The lowest BCUT2D eigenvalue weighted by atomic mass is 9.85. The molecule has 5 aromatic rings. The summed E-state index contributed by atoms with van der Waals surface area (Å²) < 4.78 is 45.6. The van der Waals surface area contributed by atoms with Gasteiger partial charge in [0, 0.05) is 51.6 Å². The SMILES string of the molecule is Cc1ccc(F)c(Oc2ccc3ncn([C@H]4COC5(CCN(C(=O)CC6(O)CCN(c7cc8c(cc7F)c(N7CCC(=O)NC7=O)nn8C)CC6)CC5)C4)c(=O)c3c2)c1C#N. The van der Waals surface area contributed by atoms with Gasteiger partial charge in [0.1, 0.15) is 23.2 Å². The number of amides is 4. The number of nitrogens with one attached hydrogen (secondary N) is 1. The second kappa shape index (κ2) is 15.2. The van der Waals surface area contributed by atoms with Crippen molar-refractivity contribution in [3.05, 3.63) is 81.9 Å². The van der Waals surface area contributed by atoms with Crippen LogP contribution in [0.1, 0.15) is 62.1 Å². The summed E-state index contributed by atoms with van der Waals surface area (Å²) in [7, 11) is 1.70. The summed E-state index contributed by atoms with van der Waals surface area (Å²) in [5.41, 5.74) is -0.125. The molecule has 4 amide bonds. The van der Waals surface area contributed by atoms with Crippen molar-refractivity contribution in [2.24, 2.45) is 7.05 Å². The van der Waals surface area contributed by atoms with Gasteiger partial charge in [0.25, 0.3) is 5.56 Å². The lowest BCUT2D eigenvalue weighted by molar-refractivity contribution is -0.142. The third-order valence-corrected chi connectivity index (χ3v) is 12.7. The molecule has 0 bridgehead atoms. The minimum absolute atomic E-state index is 0.0669. The monoisotopic (exact) mass is 835 g/mol. The van der Waals surface area contributed by atoms with E-state index in [9.17, 15) is 33.9 Å². The molecule has 1 spiro atoms. The Kier molecular flexibility index (Phi) is 9.98. The van der Waals surface area contributed by atoms with Crippen LogP contribution >= 0.6 is 0 Å². The number of halogens is 2. The van der Waals surface area contributed by atoms with E-state index in [0.29, 0.717) is 73.1 Å². The molecule has 3 aromatic carbocycles. The average molecular weight is 836 g/mol. The fraction of sp³-hybridized carbons (Fsp3) is 0.419. The van der Waals surface area contributed by atoms with Crippen LogP contribution in [0, 0.1) is 29.9 Å². The van der Waals surface area contributed by atoms with Gasteiger partial charge in [-0.15, -0.1) is 0 Å². The van der Waals surface area contributed by atoms with E-state index < -0.39 is 28.9 Å². The second-order valence-electron chi connectivity index (χ2n) is 16.6. The van der Waals surface area contributed by atoms with E-state index in [1.807, 2.05) is 11.0 Å². The number of hydrogen-bond acceptors (Lipinski definition) is 11. The van der Waals surface area contributed by atoms with Crippen LogP contribution in [0.15, 0.2) is 53.6 Å². The molecule has 4 aliphatic rings. The van der Waals surface area contributed by atoms with Crippen LogP contribution in [0.5, 0.6) is 11.5 Å². The summed E-state index contributed by atoms with van der Waals surface area (Å²) in [6, 6.07) is 11.5. The lowest BCUT2D eigenvalue weighted by Crippen LogP contribution is -2.51. The molecule has 4 aliphatic heterocycles. The summed E-state index contributed by atoms with van der Waals surface area (Å²) in [6.07, 6.45) is 3.69. The number of nitrogens with zero attached hydrogens (tertiary/aromatic N) is 8. The molecule has 2 N–H and O–H groups in total. The zero-order valence-electron chi connectivity index (χ0n) is 33.6. The average Bonchev–Trinajstić information content (AvgIpc) is 3.79. The zero-order chi connectivity index (χ0) is 42.8. The highest BCUT2D eigenvalue weighted by Gasteiger charge is 2.45. The number of urea groups is 1. The van der Waals surface area contributed by atoms with Crippen molar-refractivity contribution in [1.82, 2.24) is 29.5 Å². The number of aromatic nitrogens is 4. The molecule has 4 saturated heterocycles. The number of rotatable bonds is 7. The van der Waals surface area contributed by atoms with Crippen LogP contribution in [0.2, 0.25) is 0 Å². The maximum absolute atomic E-state index is 15.7. The minimum atomic E-state index is -1.27. The number of benzene rings is 3. The van der Waals surface area contributed by atoms with E-state index in [2.05, 4.69) is 15.4 Å². The highest BCUT2D eigenvalue weighted by atomic mass is 19.1. The molecule has 0 radical (unpaired) electrons. The van der Waals surface area contributed by atoms with Gasteiger partial charge in [-0.3, -0.25) is 33.8 Å². The number of hydrogen-bond donors (Lipinski definition) is 2. The number of carbonyl (C=O) groups is 3. The maximum Gasteiger partial charge on any atom is 0.329 e. The number of likely N-dealkylation sites (tertiary alicyclic amines) is 1. The summed E-state index contributed by atoms with van der Waals surface area (Å²) in [5.74, 6) is -1.51. The Morgan fingerprint density at radius 2 is 1.79 bits per heavy atom. The molecule has 16 nitrogen and oxygen atoms in total. The number of ether oxygens (including phenoxy) is 2. The van der Waals surface area contributed by atoms with Crippen molar-refractivity contribution in [1.29, 1.82) is 5.26 Å². The standard InChI is InChI=1S/C43H43F2N9O7/c1-25-3-5-31(44)38(30(25)22-46)61-27-4-6-33-28(17-27)40(57)54(24-47-33)26-20-43(60-23-26)10-15-52(16-11-43)37(56)21-42(59)8-13-51(14-9-42)35-19-34-29(18-32(35)45)39(49-50(34)2)53-12-7-36(55)48-41(53)58/h3-6,17-19,24,26,59H,7-16,20-21,23H2,1-2H3,(H,48,55,58)/t26-/m1/s1. The molecule has 2 aromatic heterocycles. The van der Waals surface area contributed by atoms with Crippen LogP contribution in [0.4, 0.5) is 25.1 Å². The molecule has 0 unspecified atom stereocenters. The summed E-state index contributed by atoms with van der Waals surface area (Å²) in [5, 5.41) is 28.6. The largest absolute Gasteiger partial charge is 0.453 e. The van der Waals surface area contributed by atoms with Gasteiger partial charge in [-0.25, -0.2) is 18.6 Å². The molecule has 9 rings (SSSR count). The van der Waals surface area contributed by atoms with Gasteiger partial charge >= 0.3 is 6.03 Å². The van der Waals surface area contributed by atoms with Gasteiger partial charge in [0.2, 0.25) is 11.8 Å². The molecule has 18 heteroatoms. The van der Waals surface area contributed by atoms with Crippen molar-refractivity contribution in [3.63, 3.8) is 0 Å².